The van der Waals surface area contributed by atoms with Crippen LogP contribution in [0.4, 0.5) is 5.69 Å². The molecule has 3 heteroatoms. The minimum absolute atomic E-state index is 0.00125. The quantitative estimate of drug-likeness (QED) is 0.791. The molecule has 3 nitrogen and oxygen atoms in total. The molecule has 1 aliphatic rings. The lowest BCUT2D eigenvalue weighted by molar-refractivity contribution is -0.117. The molecule has 1 unspecified atom stereocenters. The Morgan fingerprint density at radius 3 is 2.25 bits per heavy atom. The maximum Gasteiger partial charge on any atom is 0.229 e. The predicted molar refractivity (Wildman–Crippen MR) is 65.3 cm³/mol. The van der Waals surface area contributed by atoms with E-state index in [4.69, 9.17) is 0 Å². The molecule has 2 rings (SSSR count). The van der Waals surface area contributed by atoms with E-state index >= 15 is 0 Å². The first-order valence-electron chi connectivity index (χ1n) is 5.75. The van der Waals surface area contributed by atoms with E-state index in [1.165, 1.54) is 4.90 Å². The molecule has 1 aliphatic heterocycles. The number of aliphatic hydroxyl groups excluding tert-OH is 1. The topological polar surface area (TPSA) is 40.5 Å². The molecule has 0 aliphatic carbocycles. The van der Waals surface area contributed by atoms with Crippen molar-refractivity contribution in [2.24, 2.45) is 0 Å². The monoisotopic (exact) mass is 221 g/mol. The molecule has 0 saturated carbocycles. The fraction of sp³-hybridized carbons (Fsp3) is 0.462. The molecule has 1 fully saturated rings. The molecule has 1 amide bonds. The van der Waals surface area contributed by atoms with Crippen LogP contribution in [0.1, 0.15) is 32.3 Å². The summed E-state index contributed by atoms with van der Waals surface area (Å²) in [6.07, 6.45) is 0.326. The van der Waals surface area contributed by atoms with Crippen LogP contribution in [0, 0.1) is 6.92 Å². The van der Waals surface area contributed by atoms with Crippen molar-refractivity contribution in [3.05, 3.63) is 29.8 Å². The molecule has 1 aromatic carbocycles. The number of benzene rings is 1. The minimum Gasteiger partial charge on any atom is -0.373 e. The Bertz CT molecular complexity index is 345. The number of aliphatic hydroxyl groups is 1. The van der Waals surface area contributed by atoms with Gasteiger partial charge in [0.1, 0.15) is 6.23 Å². The highest BCUT2D eigenvalue weighted by molar-refractivity contribution is 5.95. The number of carbonyl (C=O) groups excluding carboxylic acids is 1. The molecule has 0 radical (unpaired) electrons. The van der Waals surface area contributed by atoms with Crippen LogP contribution in [0.5, 0.6) is 0 Å². The molecule has 1 saturated heterocycles. The van der Waals surface area contributed by atoms with Gasteiger partial charge in [0.25, 0.3) is 0 Å². The predicted octanol–water partition coefficient (Wildman–Crippen LogP) is 2.47. The van der Waals surface area contributed by atoms with E-state index in [1.54, 1.807) is 0 Å². The average molecular weight is 221 g/mol. The van der Waals surface area contributed by atoms with Crippen LogP contribution < -0.4 is 4.90 Å². The van der Waals surface area contributed by atoms with Crippen molar-refractivity contribution in [3.8, 4) is 0 Å². The summed E-state index contributed by atoms with van der Waals surface area (Å²) in [6, 6.07) is 7.60. The average Bonchev–Trinajstić information content (AvgIpc) is 2.63. The van der Waals surface area contributed by atoms with Crippen molar-refractivity contribution in [1.82, 2.24) is 0 Å². The third-order valence-corrected chi connectivity index (χ3v) is 2.50. The Morgan fingerprint density at radius 2 is 1.81 bits per heavy atom. The number of nitrogens with zero attached hydrogens (tertiary/aromatic N) is 1. The van der Waals surface area contributed by atoms with Crippen molar-refractivity contribution >= 4 is 11.6 Å². The van der Waals surface area contributed by atoms with E-state index in [9.17, 15) is 9.90 Å². The van der Waals surface area contributed by atoms with Crippen molar-refractivity contribution in [3.63, 3.8) is 0 Å². The zero-order chi connectivity index (χ0) is 12.1. The van der Waals surface area contributed by atoms with Crippen LogP contribution in [0.2, 0.25) is 0 Å². The second-order valence-corrected chi connectivity index (χ2v) is 3.62. The zero-order valence-corrected chi connectivity index (χ0v) is 10.1. The van der Waals surface area contributed by atoms with Crippen molar-refractivity contribution in [2.75, 3.05) is 4.90 Å². The fourth-order valence-electron chi connectivity index (χ4n) is 1.69. The van der Waals surface area contributed by atoms with E-state index < -0.39 is 6.23 Å². The first kappa shape index (κ1) is 12.7. The number of carbonyl (C=O) groups is 1. The number of hydrogen-bond donors (Lipinski definition) is 1. The largest absolute Gasteiger partial charge is 0.373 e. The fourth-order valence-corrected chi connectivity index (χ4v) is 1.69. The zero-order valence-electron chi connectivity index (χ0n) is 10.1. The van der Waals surface area contributed by atoms with Crippen LogP contribution in [-0.2, 0) is 4.79 Å². The molecule has 1 heterocycles. The molecule has 0 bridgehead atoms. The third-order valence-electron chi connectivity index (χ3n) is 2.50. The third kappa shape index (κ3) is 2.61. The molecular weight excluding hydrogens is 202 g/mol. The van der Waals surface area contributed by atoms with Crippen LogP contribution in [0.25, 0.3) is 0 Å². The highest BCUT2D eigenvalue weighted by Gasteiger charge is 2.30. The lowest BCUT2D eigenvalue weighted by Gasteiger charge is -2.20. The Kier molecular flexibility index (Phi) is 4.50. The SMILES string of the molecule is CC.Cc1ccc(N2C(=O)CCC2O)cc1. The minimum atomic E-state index is -0.648. The van der Waals surface area contributed by atoms with Gasteiger partial charge in [-0.05, 0) is 19.1 Å². The van der Waals surface area contributed by atoms with Crippen LogP contribution >= 0.6 is 0 Å². The summed E-state index contributed by atoms with van der Waals surface area (Å²) in [6.45, 7) is 5.99. The lowest BCUT2D eigenvalue weighted by atomic mass is 10.2. The van der Waals surface area contributed by atoms with Gasteiger partial charge in [0.15, 0.2) is 0 Å². The standard InChI is InChI=1S/C11H13NO2.C2H6/c1-8-2-4-9(5-3-8)12-10(13)6-7-11(12)14;1-2/h2-5,10,13H,6-7H2,1H3;1-2H3. The van der Waals surface area contributed by atoms with E-state index in [-0.39, 0.29) is 5.91 Å². The maximum atomic E-state index is 11.4. The number of aryl methyl sites for hydroxylation is 1. The van der Waals surface area contributed by atoms with Crippen LogP contribution in [0.15, 0.2) is 24.3 Å². The Labute approximate surface area is 96.7 Å². The van der Waals surface area contributed by atoms with Gasteiger partial charge >= 0.3 is 0 Å². The van der Waals surface area contributed by atoms with Gasteiger partial charge in [-0.1, -0.05) is 31.5 Å². The molecule has 1 atom stereocenters. The number of rotatable bonds is 1. The molecular formula is C13H19NO2. The number of hydrogen-bond acceptors (Lipinski definition) is 2. The molecule has 0 spiro atoms. The molecule has 1 aromatic rings. The summed E-state index contributed by atoms with van der Waals surface area (Å²) < 4.78 is 0. The van der Waals surface area contributed by atoms with Gasteiger partial charge in [0, 0.05) is 18.5 Å². The van der Waals surface area contributed by atoms with Gasteiger partial charge in [-0.15, -0.1) is 0 Å². The van der Waals surface area contributed by atoms with Gasteiger partial charge in [-0.3, -0.25) is 9.69 Å². The summed E-state index contributed by atoms with van der Waals surface area (Å²) in [5.41, 5.74) is 1.93. The first-order valence-corrected chi connectivity index (χ1v) is 5.75. The Hall–Kier alpha value is -1.35. The van der Waals surface area contributed by atoms with Gasteiger partial charge in [-0.2, -0.15) is 0 Å². The normalized spacial score (nSPS) is 19.4. The molecule has 88 valence electrons. The van der Waals surface area contributed by atoms with Crippen molar-refractivity contribution < 1.29 is 9.90 Å². The Morgan fingerprint density at radius 1 is 1.25 bits per heavy atom. The lowest BCUT2D eigenvalue weighted by Crippen LogP contribution is -2.32. The smallest absolute Gasteiger partial charge is 0.229 e. The van der Waals surface area contributed by atoms with Crippen molar-refractivity contribution in [2.45, 2.75) is 39.8 Å². The molecule has 16 heavy (non-hydrogen) atoms. The second kappa shape index (κ2) is 5.66. The first-order chi connectivity index (χ1) is 7.68. The van der Waals surface area contributed by atoms with Gasteiger partial charge in [-0.25, -0.2) is 0 Å². The van der Waals surface area contributed by atoms with Gasteiger partial charge in [0.05, 0.1) is 0 Å². The molecule has 0 aromatic heterocycles. The molecule has 1 N–H and O–H groups in total. The van der Waals surface area contributed by atoms with Crippen molar-refractivity contribution in [1.29, 1.82) is 0 Å². The summed E-state index contributed by atoms with van der Waals surface area (Å²) in [4.78, 5) is 12.9. The highest BCUT2D eigenvalue weighted by Crippen LogP contribution is 2.25. The second-order valence-electron chi connectivity index (χ2n) is 3.62. The highest BCUT2D eigenvalue weighted by atomic mass is 16.3. The Balaban J connectivity index is 0.000000606. The summed E-state index contributed by atoms with van der Waals surface area (Å²) >= 11 is 0. The van der Waals surface area contributed by atoms with E-state index in [2.05, 4.69) is 0 Å². The maximum absolute atomic E-state index is 11.4. The number of amides is 1. The number of anilines is 1. The summed E-state index contributed by atoms with van der Waals surface area (Å²) in [5, 5.41) is 9.59. The summed E-state index contributed by atoms with van der Waals surface area (Å²) in [5.74, 6) is 0.00125. The van der Waals surface area contributed by atoms with Gasteiger partial charge < -0.3 is 5.11 Å². The van der Waals surface area contributed by atoms with E-state index in [0.717, 1.165) is 11.3 Å². The van der Waals surface area contributed by atoms with E-state index in [1.807, 2.05) is 45.0 Å². The van der Waals surface area contributed by atoms with Crippen LogP contribution in [0.3, 0.4) is 0 Å². The van der Waals surface area contributed by atoms with Crippen LogP contribution in [-0.4, -0.2) is 17.2 Å². The summed E-state index contributed by atoms with van der Waals surface area (Å²) in [7, 11) is 0. The van der Waals surface area contributed by atoms with Gasteiger partial charge in [0.2, 0.25) is 5.91 Å². The van der Waals surface area contributed by atoms with E-state index in [0.29, 0.717) is 12.8 Å².